The summed E-state index contributed by atoms with van der Waals surface area (Å²) in [4.78, 5) is 0. The second kappa shape index (κ2) is 31.2. The van der Waals surface area contributed by atoms with Crippen LogP contribution in [0.25, 0.3) is 0 Å². The van der Waals surface area contributed by atoms with Crippen LogP contribution in [0.15, 0.2) is 0 Å². The van der Waals surface area contributed by atoms with Gasteiger partial charge in [-0.2, -0.15) is 8.42 Å². The van der Waals surface area contributed by atoms with Gasteiger partial charge in [-0.25, -0.2) is 0 Å². The fraction of sp³-hybridized carbons (Fsp3) is 1.00. The Hall–Kier alpha value is -0.130. The number of hydrogen-bond acceptors (Lipinski definition) is 3. The van der Waals surface area contributed by atoms with Gasteiger partial charge < -0.3 is 5.73 Å². The zero-order chi connectivity index (χ0) is 37.5. The molecule has 0 aromatic heterocycles. The predicted octanol–water partition coefficient (Wildman–Crippen LogP) is 15.5. The van der Waals surface area contributed by atoms with E-state index in [0.29, 0.717) is 12.8 Å². The van der Waals surface area contributed by atoms with E-state index in [0.717, 1.165) is 77.0 Å². The van der Waals surface area contributed by atoms with Crippen LogP contribution < -0.4 is 5.73 Å². The average molecular weight is 728 g/mol. The average Bonchev–Trinajstić information content (AvgIpc) is 3.06. The molecule has 0 spiro atoms. The van der Waals surface area contributed by atoms with Gasteiger partial charge in [-0.1, -0.05) is 233 Å². The van der Waals surface area contributed by atoms with Gasteiger partial charge in [0.15, 0.2) is 0 Å². The number of rotatable bonds is 39. The Morgan fingerprint density at radius 1 is 0.380 bits per heavy atom. The van der Waals surface area contributed by atoms with Crippen molar-refractivity contribution in [3.8, 4) is 0 Å². The third-order valence-electron chi connectivity index (χ3n) is 12.4. The molecule has 0 bridgehead atoms. The minimum Gasteiger partial charge on any atom is -0.325 e. The van der Waals surface area contributed by atoms with Gasteiger partial charge in [0.1, 0.15) is 4.75 Å². The second-order valence-corrected chi connectivity index (χ2v) is 18.9. The van der Waals surface area contributed by atoms with Crippen molar-refractivity contribution in [1.82, 2.24) is 0 Å². The van der Waals surface area contributed by atoms with E-state index in [1.165, 1.54) is 141 Å². The molecular weight excluding hydrogens is 635 g/mol. The van der Waals surface area contributed by atoms with Gasteiger partial charge in [-0.05, 0) is 39.5 Å². The van der Waals surface area contributed by atoms with Crippen LogP contribution in [-0.2, 0) is 10.1 Å². The summed E-state index contributed by atoms with van der Waals surface area (Å²) < 4.78 is 38.8. The standard InChI is InChI=1S/C45H93NO3S/c1-7-11-15-19-23-27-31-35-39-44(43(5,6)46,40-36-32-28-24-20-16-12-8-2)45(50(47,48)49,41-37-33-29-25-21-17-13-9-3)42-38-34-30-26-22-18-14-10-4/h7-42,46H2,1-6H3,(H,47,48,49). The van der Waals surface area contributed by atoms with Gasteiger partial charge in [0.25, 0.3) is 10.1 Å². The molecule has 4 nitrogen and oxygen atoms in total. The molecule has 0 fully saturated rings. The summed E-state index contributed by atoms with van der Waals surface area (Å²) in [6.45, 7) is 13.3. The maximum absolute atomic E-state index is 14.2. The molecule has 0 unspecified atom stereocenters. The molecule has 0 aliphatic heterocycles. The van der Waals surface area contributed by atoms with Crippen LogP contribution in [-0.4, -0.2) is 23.3 Å². The van der Waals surface area contributed by atoms with Crippen molar-refractivity contribution in [1.29, 1.82) is 0 Å². The molecule has 0 aromatic carbocycles. The highest BCUT2D eigenvalue weighted by Crippen LogP contribution is 2.56. The lowest BCUT2D eigenvalue weighted by Gasteiger charge is -2.56. The highest BCUT2D eigenvalue weighted by Gasteiger charge is 2.62. The Morgan fingerprint density at radius 2 is 0.580 bits per heavy atom. The smallest absolute Gasteiger partial charge is 0.271 e. The summed E-state index contributed by atoms with van der Waals surface area (Å²) in [5.41, 5.74) is 5.94. The summed E-state index contributed by atoms with van der Waals surface area (Å²) in [6, 6.07) is 0. The quantitative estimate of drug-likeness (QED) is 0.0488. The van der Waals surface area contributed by atoms with Gasteiger partial charge in [0, 0.05) is 11.0 Å². The van der Waals surface area contributed by atoms with E-state index in [9.17, 15) is 13.0 Å². The van der Waals surface area contributed by atoms with Gasteiger partial charge >= 0.3 is 0 Å². The molecule has 0 heterocycles. The molecule has 0 atom stereocenters. The molecule has 0 aliphatic carbocycles. The minimum absolute atomic E-state index is 0.548. The number of unbranched alkanes of at least 4 members (excludes halogenated alkanes) is 28. The van der Waals surface area contributed by atoms with Crippen LogP contribution in [0.5, 0.6) is 0 Å². The fourth-order valence-electron chi connectivity index (χ4n) is 9.13. The Bertz CT molecular complexity index is 794. The molecule has 3 N–H and O–H groups in total. The van der Waals surface area contributed by atoms with E-state index < -0.39 is 25.8 Å². The van der Waals surface area contributed by atoms with Gasteiger partial charge in [-0.15, -0.1) is 0 Å². The molecule has 5 heteroatoms. The van der Waals surface area contributed by atoms with Crippen molar-refractivity contribution >= 4 is 10.1 Å². The van der Waals surface area contributed by atoms with Crippen LogP contribution in [0.4, 0.5) is 0 Å². The maximum Gasteiger partial charge on any atom is 0.271 e. The summed E-state index contributed by atoms with van der Waals surface area (Å²) >= 11 is 0. The van der Waals surface area contributed by atoms with Crippen LogP contribution in [0.1, 0.15) is 273 Å². The molecular formula is C45H93NO3S. The Morgan fingerprint density at radius 3 is 0.780 bits per heavy atom. The maximum atomic E-state index is 14.2. The molecule has 0 saturated carbocycles. The first kappa shape index (κ1) is 49.9. The Balaban J connectivity index is 6.28. The molecule has 0 aromatic rings. The molecule has 0 saturated heterocycles. The summed E-state index contributed by atoms with van der Waals surface area (Å²) in [6.07, 6.45) is 41.1. The largest absolute Gasteiger partial charge is 0.325 e. The van der Waals surface area contributed by atoms with Crippen LogP contribution >= 0.6 is 0 Å². The lowest BCUT2D eigenvalue weighted by atomic mass is 9.56. The zero-order valence-corrected chi connectivity index (χ0v) is 36.0. The first-order valence-corrected chi connectivity index (χ1v) is 24.2. The first-order valence-electron chi connectivity index (χ1n) is 22.8. The third-order valence-corrected chi connectivity index (χ3v) is 14.2. The van der Waals surface area contributed by atoms with E-state index in [1.54, 1.807) is 0 Å². The SMILES string of the molecule is CCCCCCCCCCC(CCCCCCCCCC)(C(C)(C)N)C(CCCCCCCCCC)(CCCCCCCCCC)S(=O)(=O)O. The van der Waals surface area contributed by atoms with Crippen molar-refractivity contribution < 1.29 is 13.0 Å². The van der Waals surface area contributed by atoms with E-state index in [-0.39, 0.29) is 0 Å². The second-order valence-electron chi connectivity index (χ2n) is 17.2. The summed E-state index contributed by atoms with van der Waals surface area (Å²) in [5, 5.41) is 0. The van der Waals surface area contributed by atoms with E-state index in [1.807, 2.05) is 0 Å². The molecule has 50 heavy (non-hydrogen) atoms. The Kier molecular flexibility index (Phi) is 31.2. The zero-order valence-electron chi connectivity index (χ0n) is 35.2. The molecule has 302 valence electrons. The Labute approximate surface area is 316 Å². The lowest BCUT2D eigenvalue weighted by Crippen LogP contribution is -2.66. The van der Waals surface area contributed by atoms with Gasteiger partial charge in [-0.3, -0.25) is 4.55 Å². The van der Waals surface area contributed by atoms with E-state index >= 15 is 0 Å². The van der Waals surface area contributed by atoms with Crippen molar-refractivity contribution in [3.05, 3.63) is 0 Å². The predicted molar refractivity (Wildman–Crippen MR) is 224 cm³/mol. The van der Waals surface area contributed by atoms with Crippen LogP contribution in [0.2, 0.25) is 0 Å². The van der Waals surface area contributed by atoms with Crippen molar-refractivity contribution in [2.75, 3.05) is 0 Å². The number of nitrogens with two attached hydrogens (primary N) is 1. The molecule has 0 aliphatic rings. The number of hydrogen-bond donors (Lipinski definition) is 2. The molecule has 0 amide bonds. The van der Waals surface area contributed by atoms with Crippen LogP contribution in [0.3, 0.4) is 0 Å². The van der Waals surface area contributed by atoms with Crippen molar-refractivity contribution in [2.45, 2.75) is 283 Å². The monoisotopic (exact) mass is 728 g/mol. The van der Waals surface area contributed by atoms with Gasteiger partial charge in [0.2, 0.25) is 0 Å². The van der Waals surface area contributed by atoms with E-state index in [4.69, 9.17) is 5.73 Å². The highest BCUT2D eigenvalue weighted by atomic mass is 32.2. The molecule has 0 radical (unpaired) electrons. The summed E-state index contributed by atoms with van der Waals surface area (Å²) in [5.74, 6) is 0. The third kappa shape index (κ3) is 20.9. The first-order chi connectivity index (χ1) is 24.0. The summed E-state index contributed by atoms with van der Waals surface area (Å²) in [7, 11) is -4.37. The highest BCUT2D eigenvalue weighted by molar-refractivity contribution is 7.87. The van der Waals surface area contributed by atoms with Crippen molar-refractivity contribution in [2.24, 2.45) is 11.1 Å². The normalized spacial score (nSPS) is 13.0. The fourth-order valence-corrected chi connectivity index (χ4v) is 10.9. The van der Waals surface area contributed by atoms with Gasteiger partial charge in [0.05, 0.1) is 0 Å². The topological polar surface area (TPSA) is 80.4 Å². The lowest BCUT2D eigenvalue weighted by molar-refractivity contribution is 0.0353. The minimum atomic E-state index is -4.37. The van der Waals surface area contributed by atoms with Crippen molar-refractivity contribution in [3.63, 3.8) is 0 Å². The van der Waals surface area contributed by atoms with E-state index in [2.05, 4.69) is 41.5 Å². The van der Waals surface area contributed by atoms with Crippen LogP contribution in [0, 0.1) is 5.41 Å². The molecule has 0 rings (SSSR count).